The number of ether oxygens (including phenoxy) is 2. The van der Waals surface area contributed by atoms with E-state index in [1.165, 1.54) is 4.31 Å². The summed E-state index contributed by atoms with van der Waals surface area (Å²) >= 11 is 0. The molecular formula is C30H32ClNO6S2. The number of halogens is 1. The van der Waals surface area contributed by atoms with E-state index >= 15 is 0 Å². The Kier molecular flexibility index (Phi) is 11.6. The molecule has 0 unspecified atom stereocenters. The van der Waals surface area contributed by atoms with Crippen molar-refractivity contribution in [3.63, 3.8) is 0 Å². The fourth-order valence-electron chi connectivity index (χ4n) is 3.77. The van der Waals surface area contributed by atoms with Crippen LogP contribution in [0.5, 0.6) is 11.5 Å². The van der Waals surface area contributed by atoms with Crippen molar-refractivity contribution in [1.29, 1.82) is 0 Å². The summed E-state index contributed by atoms with van der Waals surface area (Å²) in [6.45, 7) is 0.566. The number of sulfonamides is 1. The van der Waals surface area contributed by atoms with E-state index in [0.29, 0.717) is 5.56 Å². The fourth-order valence-corrected chi connectivity index (χ4v) is 6.23. The summed E-state index contributed by atoms with van der Waals surface area (Å²) in [6, 6.07) is 33.0. The lowest BCUT2D eigenvalue weighted by Crippen LogP contribution is -2.31. The van der Waals surface area contributed by atoms with Gasteiger partial charge in [0.2, 0.25) is 19.1 Å². The Morgan fingerprint density at radius 2 is 0.925 bits per heavy atom. The molecule has 0 aliphatic rings. The first-order valence-electron chi connectivity index (χ1n) is 12.3. The molecule has 4 aromatic rings. The lowest BCUT2D eigenvalue weighted by molar-refractivity contribution is 0.397. The summed E-state index contributed by atoms with van der Waals surface area (Å²) in [5, 5.41) is 0. The fraction of sp³-hybridized carbons (Fsp3) is 0.200. The molecule has 0 heterocycles. The average molecular weight is 602 g/mol. The maximum atomic E-state index is 13.2. The number of hydrogen-bond acceptors (Lipinski definition) is 6. The van der Waals surface area contributed by atoms with Gasteiger partial charge in [-0.2, -0.15) is 4.31 Å². The van der Waals surface area contributed by atoms with Gasteiger partial charge in [0, 0.05) is 23.8 Å². The second-order valence-electron chi connectivity index (χ2n) is 8.87. The van der Waals surface area contributed by atoms with E-state index in [-0.39, 0.29) is 24.6 Å². The van der Waals surface area contributed by atoms with Crippen LogP contribution < -0.4 is 9.47 Å². The molecule has 0 aromatic heterocycles. The number of methoxy groups -OCH3 is 2. The van der Waals surface area contributed by atoms with E-state index in [4.69, 9.17) is 20.2 Å². The van der Waals surface area contributed by atoms with Gasteiger partial charge >= 0.3 is 0 Å². The molecule has 0 saturated heterocycles. The van der Waals surface area contributed by atoms with E-state index in [0.717, 1.165) is 28.2 Å². The van der Waals surface area contributed by atoms with E-state index in [2.05, 4.69) is 0 Å². The summed E-state index contributed by atoms with van der Waals surface area (Å²) in [5.41, 5.74) is 3.27. The van der Waals surface area contributed by atoms with Gasteiger partial charge in [0.15, 0.2) is 0 Å². The van der Waals surface area contributed by atoms with Crippen molar-refractivity contribution in [1.82, 2.24) is 4.31 Å². The highest BCUT2D eigenvalue weighted by Crippen LogP contribution is 2.21. The van der Waals surface area contributed by atoms with Crippen LogP contribution >= 0.6 is 10.7 Å². The highest BCUT2D eigenvalue weighted by atomic mass is 35.7. The maximum Gasteiger partial charge on any atom is 0.236 e. The van der Waals surface area contributed by atoms with Crippen molar-refractivity contribution in [2.45, 2.75) is 24.6 Å². The van der Waals surface area contributed by atoms with Crippen LogP contribution in [0.4, 0.5) is 0 Å². The van der Waals surface area contributed by atoms with Crippen LogP contribution in [0.2, 0.25) is 0 Å². The third-order valence-electron chi connectivity index (χ3n) is 5.80. The van der Waals surface area contributed by atoms with Crippen molar-refractivity contribution < 1.29 is 26.3 Å². The predicted octanol–water partition coefficient (Wildman–Crippen LogP) is 5.99. The third kappa shape index (κ3) is 10.7. The summed E-state index contributed by atoms with van der Waals surface area (Å²) < 4.78 is 59.5. The largest absolute Gasteiger partial charge is 0.497 e. The van der Waals surface area contributed by atoms with E-state index in [1.807, 2.05) is 84.9 Å². The van der Waals surface area contributed by atoms with Crippen molar-refractivity contribution in [2.24, 2.45) is 0 Å². The van der Waals surface area contributed by atoms with Crippen LogP contribution in [-0.2, 0) is 43.7 Å². The van der Waals surface area contributed by atoms with Gasteiger partial charge in [-0.1, -0.05) is 84.9 Å². The van der Waals surface area contributed by atoms with Gasteiger partial charge in [-0.3, -0.25) is 0 Å². The van der Waals surface area contributed by atoms with Gasteiger partial charge in [-0.15, -0.1) is 0 Å². The molecule has 4 aromatic carbocycles. The molecule has 0 radical (unpaired) electrons. The second kappa shape index (κ2) is 14.9. The highest BCUT2D eigenvalue weighted by molar-refractivity contribution is 8.13. The molecule has 0 fully saturated rings. The molecule has 40 heavy (non-hydrogen) atoms. The maximum absolute atomic E-state index is 13.2. The third-order valence-corrected chi connectivity index (χ3v) is 8.55. The minimum Gasteiger partial charge on any atom is -0.497 e. The molecule has 0 saturated carbocycles. The molecule has 10 heteroatoms. The highest BCUT2D eigenvalue weighted by Gasteiger charge is 2.23. The molecule has 0 aliphatic heterocycles. The van der Waals surface area contributed by atoms with Gasteiger partial charge in [0.05, 0.1) is 25.7 Å². The first kappa shape index (κ1) is 31.2. The second-order valence-corrected chi connectivity index (χ2v) is 13.6. The van der Waals surface area contributed by atoms with Gasteiger partial charge in [-0.05, 0) is 46.5 Å². The summed E-state index contributed by atoms with van der Waals surface area (Å²) in [6.07, 6.45) is 0. The lowest BCUT2D eigenvalue weighted by atomic mass is 10.2. The Bertz CT molecular complexity index is 1480. The number of rotatable bonds is 11. The zero-order chi connectivity index (χ0) is 29.0. The summed E-state index contributed by atoms with van der Waals surface area (Å²) in [7, 11) is 1.32. The Morgan fingerprint density at radius 3 is 1.27 bits per heavy atom. The molecule has 0 aliphatic carbocycles. The van der Waals surface area contributed by atoms with Crippen molar-refractivity contribution >= 4 is 29.8 Å². The molecule has 0 amide bonds. The molecule has 0 atom stereocenters. The van der Waals surface area contributed by atoms with Gasteiger partial charge < -0.3 is 9.47 Å². The van der Waals surface area contributed by atoms with E-state index in [1.54, 1.807) is 38.5 Å². The zero-order valence-corrected chi connectivity index (χ0v) is 24.7. The Balaban J connectivity index is 0.000000336. The average Bonchev–Trinajstić information content (AvgIpc) is 2.94. The smallest absolute Gasteiger partial charge is 0.236 e. The van der Waals surface area contributed by atoms with Crippen LogP contribution in [0.1, 0.15) is 22.3 Å². The van der Waals surface area contributed by atoms with E-state index in [9.17, 15) is 16.8 Å². The zero-order valence-electron chi connectivity index (χ0n) is 22.3. The standard InChI is InChI=1S/C23H25NO4S.C7H7ClO2S/c1-27-22-12-8-19(9-13-22)16-24(17-20-10-14-23(28-2)15-11-20)29(25,26)18-21-6-4-3-5-7-21;8-11(9,10)6-7-4-2-1-3-5-7/h3-15H,16-18H2,1-2H3;1-5H,6H2. The summed E-state index contributed by atoms with van der Waals surface area (Å²) in [5.74, 6) is 1.33. The molecule has 0 N–H and O–H groups in total. The number of hydrogen-bond donors (Lipinski definition) is 0. The van der Waals surface area contributed by atoms with Crippen molar-refractivity contribution in [2.75, 3.05) is 14.2 Å². The van der Waals surface area contributed by atoms with Crippen LogP contribution in [-0.4, -0.2) is 35.4 Å². The molecular weight excluding hydrogens is 570 g/mol. The van der Waals surface area contributed by atoms with Crippen LogP contribution in [0.15, 0.2) is 109 Å². The van der Waals surface area contributed by atoms with E-state index < -0.39 is 19.1 Å². The summed E-state index contributed by atoms with van der Waals surface area (Å²) in [4.78, 5) is 0. The van der Waals surface area contributed by atoms with Crippen molar-refractivity contribution in [3.8, 4) is 11.5 Å². The monoisotopic (exact) mass is 601 g/mol. The molecule has 7 nitrogen and oxygen atoms in total. The SMILES string of the molecule is COc1ccc(CN(Cc2ccc(OC)cc2)S(=O)(=O)Cc2ccccc2)cc1.O=S(=O)(Cl)Cc1ccccc1. The lowest BCUT2D eigenvalue weighted by Gasteiger charge is -2.23. The minimum atomic E-state index is -3.53. The van der Waals surface area contributed by atoms with Crippen LogP contribution in [0.3, 0.4) is 0 Å². The Hall–Kier alpha value is -3.37. The van der Waals surface area contributed by atoms with Gasteiger partial charge in [0.25, 0.3) is 0 Å². The molecule has 0 spiro atoms. The van der Waals surface area contributed by atoms with Crippen LogP contribution in [0, 0.1) is 0 Å². The Morgan fingerprint density at radius 1 is 0.550 bits per heavy atom. The predicted molar refractivity (Wildman–Crippen MR) is 159 cm³/mol. The van der Waals surface area contributed by atoms with Gasteiger partial charge in [0.1, 0.15) is 11.5 Å². The number of nitrogens with zero attached hydrogens (tertiary/aromatic N) is 1. The molecule has 212 valence electrons. The van der Waals surface area contributed by atoms with Crippen LogP contribution in [0.25, 0.3) is 0 Å². The van der Waals surface area contributed by atoms with Crippen molar-refractivity contribution in [3.05, 3.63) is 131 Å². The number of benzene rings is 4. The Labute approximate surface area is 241 Å². The molecule has 0 bridgehead atoms. The first-order chi connectivity index (χ1) is 19.1. The minimum absolute atomic E-state index is 0.0415. The first-order valence-corrected chi connectivity index (χ1v) is 16.4. The van der Waals surface area contributed by atoms with Gasteiger partial charge in [-0.25, -0.2) is 16.8 Å². The molecule has 4 rings (SSSR count). The normalized spacial score (nSPS) is 11.4. The topological polar surface area (TPSA) is 90.0 Å². The quantitative estimate of drug-likeness (QED) is 0.196.